The van der Waals surface area contributed by atoms with Gasteiger partial charge >= 0.3 is 5.97 Å². The number of carbonyl (C=O) groups excluding carboxylic acids is 1. The molecule has 2 rings (SSSR count). The predicted octanol–water partition coefficient (Wildman–Crippen LogP) is 2.37. The third-order valence-electron chi connectivity index (χ3n) is 3.93. The SMILES string of the molecule is CCc1ccc(C(=O)CC(C(=O)O)N2CCCC2)cc1. The summed E-state index contributed by atoms with van der Waals surface area (Å²) in [6.07, 6.45) is 3.02. The van der Waals surface area contributed by atoms with Crippen LogP contribution in [-0.4, -0.2) is 40.9 Å². The number of ketones is 1. The Balaban J connectivity index is 2.05. The number of carboxylic acids is 1. The summed E-state index contributed by atoms with van der Waals surface area (Å²) in [6.45, 7) is 3.61. The van der Waals surface area contributed by atoms with E-state index < -0.39 is 12.0 Å². The first-order valence-electron chi connectivity index (χ1n) is 7.21. The van der Waals surface area contributed by atoms with Crippen LogP contribution in [0.4, 0.5) is 0 Å². The molecule has 4 heteroatoms. The largest absolute Gasteiger partial charge is 0.480 e. The lowest BCUT2D eigenvalue weighted by Gasteiger charge is -2.23. The maximum absolute atomic E-state index is 12.2. The molecule has 1 N–H and O–H groups in total. The normalized spacial score (nSPS) is 17.1. The molecule has 0 aromatic heterocycles. The number of nitrogens with zero attached hydrogens (tertiary/aromatic N) is 1. The molecule has 108 valence electrons. The van der Waals surface area contributed by atoms with Gasteiger partial charge in [0.25, 0.3) is 0 Å². The van der Waals surface area contributed by atoms with E-state index in [1.54, 1.807) is 12.1 Å². The van der Waals surface area contributed by atoms with Crippen molar-refractivity contribution in [2.24, 2.45) is 0 Å². The van der Waals surface area contributed by atoms with Crippen LogP contribution in [-0.2, 0) is 11.2 Å². The highest BCUT2D eigenvalue weighted by Gasteiger charge is 2.30. The van der Waals surface area contributed by atoms with Crippen molar-refractivity contribution in [1.82, 2.24) is 4.90 Å². The summed E-state index contributed by atoms with van der Waals surface area (Å²) in [5, 5.41) is 9.32. The highest BCUT2D eigenvalue weighted by atomic mass is 16.4. The Bertz CT molecular complexity index is 475. The van der Waals surface area contributed by atoms with E-state index in [-0.39, 0.29) is 12.2 Å². The Morgan fingerprint density at radius 1 is 1.20 bits per heavy atom. The Morgan fingerprint density at radius 2 is 1.80 bits per heavy atom. The van der Waals surface area contributed by atoms with E-state index in [9.17, 15) is 14.7 Å². The smallest absolute Gasteiger partial charge is 0.321 e. The molecule has 0 bridgehead atoms. The number of benzene rings is 1. The molecule has 0 aliphatic carbocycles. The van der Waals surface area contributed by atoms with Gasteiger partial charge in [-0.25, -0.2) is 0 Å². The molecule has 1 fully saturated rings. The topological polar surface area (TPSA) is 57.6 Å². The summed E-state index contributed by atoms with van der Waals surface area (Å²) >= 11 is 0. The molecule has 1 saturated heterocycles. The number of hydrogen-bond acceptors (Lipinski definition) is 3. The second-order valence-electron chi connectivity index (χ2n) is 5.27. The molecule has 1 aliphatic heterocycles. The standard InChI is InChI=1S/C16H21NO3/c1-2-12-5-7-13(8-6-12)15(18)11-14(16(19)20)17-9-3-4-10-17/h5-8,14H,2-4,9-11H2,1H3,(H,19,20). The van der Waals surface area contributed by atoms with Gasteiger partial charge in [-0.3, -0.25) is 14.5 Å². The summed E-state index contributed by atoms with van der Waals surface area (Å²) in [4.78, 5) is 25.5. The van der Waals surface area contributed by atoms with E-state index in [4.69, 9.17) is 0 Å². The van der Waals surface area contributed by atoms with Crippen molar-refractivity contribution < 1.29 is 14.7 Å². The monoisotopic (exact) mass is 275 g/mol. The van der Waals surface area contributed by atoms with Crippen LogP contribution in [0.3, 0.4) is 0 Å². The number of rotatable bonds is 6. The minimum atomic E-state index is -0.898. The lowest BCUT2D eigenvalue weighted by molar-refractivity contribution is -0.142. The first-order valence-corrected chi connectivity index (χ1v) is 7.21. The Labute approximate surface area is 119 Å². The zero-order chi connectivity index (χ0) is 14.5. The first kappa shape index (κ1) is 14.7. The van der Waals surface area contributed by atoms with E-state index in [2.05, 4.69) is 6.92 Å². The lowest BCUT2D eigenvalue weighted by Crippen LogP contribution is -2.40. The van der Waals surface area contributed by atoms with Gasteiger partial charge < -0.3 is 5.11 Å². The molecule has 0 saturated carbocycles. The Hall–Kier alpha value is -1.68. The van der Waals surface area contributed by atoms with Crippen LogP contribution < -0.4 is 0 Å². The van der Waals surface area contributed by atoms with Crippen molar-refractivity contribution in [1.29, 1.82) is 0 Å². The van der Waals surface area contributed by atoms with Crippen LogP contribution >= 0.6 is 0 Å². The fourth-order valence-electron chi connectivity index (χ4n) is 2.65. The van der Waals surface area contributed by atoms with Gasteiger partial charge in [0.15, 0.2) is 5.78 Å². The van der Waals surface area contributed by atoms with Gasteiger partial charge in [0.2, 0.25) is 0 Å². The van der Waals surface area contributed by atoms with Crippen molar-refractivity contribution >= 4 is 11.8 Å². The van der Waals surface area contributed by atoms with E-state index in [0.717, 1.165) is 32.4 Å². The van der Waals surface area contributed by atoms with Gasteiger partial charge in [-0.15, -0.1) is 0 Å². The zero-order valence-corrected chi connectivity index (χ0v) is 11.8. The minimum absolute atomic E-state index is 0.0564. The quantitative estimate of drug-likeness (QED) is 0.810. The Morgan fingerprint density at radius 3 is 2.30 bits per heavy atom. The van der Waals surface area contributed by atoms with Crippen molar-refractivity contribution in [3.8, 4) is 0 Å². The highest BCUT2D eigenvalue weighted by Crippen LogP contribution is 2.17. The van der Waals surface area contributed by atoms with Crippen LogP contribution in [0.2, 0.25) is 0 Å². The number of aliphatic carboxylic acids is 1. The molecular formula is C16H21NO3. The van der Waals surface area contributed by atoms with Crippen LogP contribution in [0.1, 0.15) is 42.1 Å². The molecule has 0 spiro atoms. The number of Topliss-reactive ketones (excluding diaryl/α,β-unsaturated/α-hetero) is 1. The highest BCUT2D eigenvalue weighted by molar-refractivity contribution is 5.98. The van der Waals surface area contributed by atoms with Crippen molar-refractivity contribution in [2.75, 3.05) is 13.1 Å². The third kappa shape index (κ3) is 3.45. The average molecular weight is 275 g/mol. The predicted molar refractivity (Wildman–Crippen MR) is 77.0 cm³/mol. The summed E-state index contributed by atoms with van der Waals surface area (Å²) < 4.78 is 0. The molecule has 0 amide bonds. The maximum atomic E-state index is 12.2. The van der Waals surface area contributed by atoms with E-state index in [0.29, 0.717) is 5.56 Å². The Kier molecular flexibility index (Phi) is 4.90. The number of aryl methyl sites for hydroxylation is 1. The van der Waals surface area contributed by atoms with Crippen molar-refractivity contribution in [3.63, 3.8) is 0 Å². The van der Waals surface area contributed by atoms with Gasteiger partial charge in [0.1, 0.15) is 6.04 Å². The second kappa shape index (κ2) is 6.66. The molecule has 1 unspecified atom stereocenters. The van der Waals surface area contributed by atoms with Gasteiger partial charge in [-0.1, -0.05) is 31.2 Å². The molecule has 1 atom stereocenters. The van der Waals surface area contributed by atoms with E-state index >= 15 is 0 Å². The molecule has 20 heavy (non-hydrogen) atoms. The van der Waals surface area contributed by atoms with Gasteiger partial charge in [-0.2, -0.15) is 0 Å². The second-order valence-corrected chi connectivity index (χ2v) is 5.27. The summed E-state index contributed by atoms with van der Waals surface area (Å²) in [7, 11) is 0. The molecule has 1 aliphatic rings. The molecule has 1 aromatic carbocycles. The zero-order valence-electron chi connectivity index (χ0n) is 11.8. The van der Waals surface area contributed by atoms with E-state index in [1.165, 1.54) is 5.56 Å². The fraction of sp³-hybridized carbons (Fsp3) is 0.500. The number of likely N-dealkylation sites (tertiary alicyclic amines) is 1. The molecule has 1 heterocycles. The van der Waals surface area contributed by atoms with Crippen LogP contribution in [0.5, 0.6) is 0 Å². The van der Waals surface area contributed by atoms with Gasteiger partial charge in [0.05, 0.1) is 0 Å². The molecule has 0 radical (unpaired) electrons. The van der Waals surface area contributed by atoms with Crippen molar-refractivity contribution in [3.05, 3.63) is 35.4 Å². The molecule has 1 aromatic rings. The minimum Gasteiger partial charge on any atom is -0.480 e. The van der Waals surface area contributed by atoms with E-state index in [1.807, 2.05) is 17.0 Å². The van der Waals surface area contributed by atoms with Gasteiger partial charge in [0, 0.05) is 12.0 Å². The average Bonchev–Trinajstić information content (AvgIpc) is 2.98. The summed E-state index contributed by atoms with van der Waals surface area (Å²) in [5.74, 6) is -0.989. The van der Waals surface area contributed by atoms with Gasteiger partial charge in [-0.05, 0) is 37.9 Å². The summed E-state index contributed by atoms with van der Waals surface area (Å²) in [6, 6.07) is 6.77. The first-order chi connectivity index (χ1) is 9.61. The lowest BCUT2D eigenvalue weighted by atomic mass is 10.0. The number of carbonyl (C=O) groups is 2. The fourth-order valence-corrected chi connectivity index (χ4v) is 2.65. The summed E-state index contributed by atoms with van der Waals surface area (Å²) in [5.41, 5.74) is 1.78. The van der Waals surface area contributed by atoms with Crippen LogP contribution in [0.25, 0.3) is 0 Å². The van der Waals surface area contributed by atoms with Crippen molar-refractivity contribution in [2.45, 2.75) is 38.6 Å². The molecule has 4 nitrogen and oxygen atoms in total. The van der Waals surface area contributed by atoms with Crippen LogP contribution in [0, 0.1) is 0 Å². The third-order valence-corrected chi connectivity index (χ3v) is 3.93. The number of carboxylic acid groups (broad SMARTS) is 1. The number of hydrogen-bond donors (Lipinski definition) is 1. The molecular weight excluding hydrogens is 254 g/mol. The van der Waals surface area contributed by atoms with Crippen LogP contribution in [0.15, 0.2) is 24.3 Å². The maximum Gasteiger partial charge on any atom is 0.321 e.